The summed E-state index contributed by atoms with van der Waals surface area (Å²) in [5.41, 5.74) is 8.48. The van der Waals surface area contributed by atoms with E-state index in [0.29, 0.717) is 5.33 Å². The normalized spacial score (nSPS) is 9.79. The van der Waals surface area contributed by atoms with Crippen molar-refractivity contribution in [2.45, 2.75) is 48.5 Å². The summed E-state index contributed by atoms with van der Waals surface area (Å²) in [7, 11) is 0. The molecule has 0 unspecified atom stereocenters. The van der Waals surface area contributed by atoms with E-state index in [1.807, 2.05) is 65.8 Å². The van der Waals surface area contributed by atoms with Gasteiger partial charge in [0.1, 0.15) is 0 Å². The molecule has 0 atom stereocenters. The summed E-state index contributed by atoms with van der Waals surface area (Å²) in [6.07, 6.45) is 0. The summed E-state index contributed by atoms with van der Waals surface area (Å²) in [5, 5.41) is 0.401. The van der Waals surface area contributed by atoms with Gasteiger partial charge in [-0.3, -0.25) is 9.59 Å². The van der Waals surface area contributed by atoms with Crippen LogP contribution in [0.4, 0.5) is 0 Å². The van der Waals surface area contributed by atoms with Gasteiger partial charge in [0.15, 0.2) is 11.6 Å². The number of aryl methyl sites for hydroxylation is 6. The van der Waals surface area contributed by atoms with Crippen LogP contribution < -0.4 is 0 Å². The first-order valence-electron chi connectivity index (χ1n) is 8.57. The topological polar surface area (TPSA) is 34.1 Å². The van der Waals surface area contributed by atoms with Gasteiger partial charge in [-0.05, 0) is 70.7 Å². The van der Waals surface area contributed by atoms with E-state index in [2.05, 4.69) is 44.2 Å². The van der Waals surface area contributed by atoms with Gasteiger partial charge in [-0.25, -0.2) is 0 Å². The molecule has 0 aromatic heterocycles. The third-order valence-electron chi connectivity index (χ3n) is 4.11. The maximum atomic E-state index is 11.5. The molecule has 0 bridgehead atoms. The summed E-state index contributed by atoms with van der Waals surface area (Å²) in [5.74, 6) is 0.319. The number of ketones is 2. The Kier molecular flexibility index (Phi) is 13.7. The molecule has 0 heterocycles. The maximum absolute atomic E-state index is 11.5. The average molecular weight is 627 g/mol. The molecule has 2 aromatic carbocycles. The Labute approximate surface area is 197 Å². The van der Waals surface area contributed by atoms with Gasteiger partial charge in [-0.1, -0.05) is 51.3 Å². The van der Waals surface area contributed by atoms with Gasteiger partial charge < -0.3 is 0 Å². The van der Waals surface area contributed by atoms with Gasteiger partial charge in [0.2, 0.25) is 0 Å². The van der Waals surface area contributed by atoms with E-state index in [4.69, 9.17) is 0 Å². The predicted molar refractivity (Wildman–Crippen MR) is 127 cm³/mol. The first-order valence-corrected chi connectivity index (χ1v) is 14.3. The molecule has 0 aliphatic carbocycles. The summed E-state index contributed by atoms with van der Waals surface area (Å²) < 4.78 is 0. The zero-order valence-corrected chi connectivity index (χ0v) is 23.0. The Morgan fingerprint density at radius 3 is 1.29 bits per heavy atom. The van der Waals surface area contributed by atoms with Crippen molar-refractivity contribution >= 4 is 55.7 Å². The molecule has 28 heavy (non-hydrogen) atoms. The SMILES string of the molecule is CC(=O)c1c(C)cc(C)cc1C.Cc1cc(C)c(C(=O)CBr)c(C)c1.[Br][Cu][Br]. The van der Waals surface area contributed by atoms with Crippen LogP contribution in [0.3, 0.4) is 0 Å². The van der Waals surface area contributed by atoms with E-state index in [1.54, 1.807) is 6.92 Å². The van der Waals surface area contributed by atoms with E-state index >= 15 is 0 Å². The minimum absolute atomic E-state index is 0.157. The third-order valence-corrected chi connectivity index (χ3v) is 4.62. The van der Waals surface area contributed by atoms with Crippen molar-refractivity contribution in [1.82, 2.24) is 0 Å². The van der Waals surface area contributed by atoms with Crippen molar-refractivity contribution in [1.29, 1.82) is 0 Å². The number of rotatable bonds is 3. The quantitative estimate of drug-likeness (QED) is 0.199. The van der Waals surface area contributed by atoms with Gasteiger partial charge in [0, 0.05) is 11.1 Å². The third kappa shape index (κ3) is 9.04. The Morgan fingerprint density at radius 2 is 1.04 bits per heavy atom. The van der Waals surface area contributed by atoms with Crippen LogP contribution in [0.1, 0.15) is 61.0 Å². The molecule has 0 saturated carbocycles. The number of alkyl halides is 1. The van der Waals surface area contributed by atoms with Crippen molar-refractivity contribution < 1.29 is 20.9 Å². The van der Waals surface area contributed by atoms with Gasteiger partial charge in [-0.2, -0.15) is 0 Å². The second-order valence-electron chi connectivity index (χ2n) is 6.70. The number of carbonyl (C=O) groups is 2. The molecular weight excluding hydrogens is 599 g/mol. The first-order chi connectivity index (χ1) is 13.0. The number of Topliss-reactive ketones (excluding diaryl/α,β-unsaturated/α-hetero) is 2. The molecule has 0 spiro atoms. The van der Waals surface area contributed by atoms with E-state index in [0.717, 1.165) is 33.4 Å². The fourth-order valence-corrected chi connectivity index (χ4v) is 3.70. The fourth-order valence-electron chi connectivity index (χ4n) is 3.42. The van der Waals surface area contributed by atoms with Crippen molar-refractivity contribution in [2.75, 3.05) is 5.33 Å². The Bertz CT molecular complexity index is 787. The molecule has 0 N–H and O–H groups in total. The van der Waals surface area contributed by atoms with Crippen LogP contribution in [0, 0.1) is 41.5 Å². The van der Waals surface area contributed by atoms with Crippen molar-refractivity contribution in [3.05, 3.63) is 68.8 Å². The Hall–Kier alpha value is -0.261. The summed E-state index contributed by atoms with van der Waals surface area (Å²) in [6.45, 7) is 13.6. The minimum atomic E-state index is 0.157. The second-order valence-corrected chi connectivity index (χ2v) is 12.0. The fraction of sp³-hybridized carbons (Fsp3) is 0.364. The molecule has 2 rings (SSSR count). The molecular formula is C22H27Br3CuO2. The zero-order chi connectivity index (χ0) is 22.0. The molecule has 6 heteroatoms. The number of halogens is 3. The molecule has 0 amide bonds. The molecule has 0 saturated heterocycles. The van der Waals surface area contributed by atoms with Crippen LogP contribution in [0.25, 0.3) is 0 Å². The van der Waals surface area contributed by atoms with Crippen LogP contribution >= 0.6 is 44.2 Å². The standard InChI is InChI=1S/C11H13BrO.C11H14O.2BrH.Cu/c1-7-4-8(2)11(9(3)5-7)10(13)6-12;1-7-5-8(2)11(10(4)12)9(3)6-7;;;/h4-5H,6H2,1-3H3;5-6H,1-4H3;2*1H;/q;;;;+2/p-2. The molecule has 2 aromatic rings. The van der Waals surface area contributed by atoms with Crippen LogP contribution in [0.2, 0.25) is 0 Å². The number of carbonyl (C=O) groups excluding carboxylic acids is 2. The average Bonchev–Trinajstić information content (AvgIpc) is 2.53. The van der Waals surface area contributed by atoms with Gasteiger partial charge in [-0.15, -0.1) is 0 Å². The predicted octanol–water partition coefficient (Wildman–Crippen LogP) is 7.69. The number of hydrogen-bond acceptors (Lipinski definition) is 2. The molecule has 2 nitrogen and oxygen atoms in total. The molecule has 159 valence electrons. The first kappa shape index (κ1) is 27.7. The molecule has 0 radical (unpaired) electrons. The molecule has 0 aliphatic heterocycles. The van der Waals surface area contributed by atoms with E-state index in [-0.39, 0.29) is 11.6 Å². The Morgan fingerprint density at radius 1 is 0.750 bits per heavy atom. The van der Waals surface area contributed by atoms with E-state index in [9.17, 15) is 9.59 Å². The van der Waals surface area contributed by atoms with Crippen LogP contribution in [0.15, 0.2) is 24.3 Å². The number of benzene rings is 2. The summed E-state index contributed by atoms with van der Waals surface area (Å²) in [4.78, 5) is 22.7. The monoisotopic (exact) mass is 623 g/mol. The molecule has 0 fully saturated rings. The van der Waals surface area contributed by atoms with E-state index in [1.165, 1.54) is 22.5 Å². The van der Waals surface area contributed by atoms with Crippen LogP contribution in [-0.4, -0.2) is 16.9 Å². The second kappa shape index (κ2) is 13.9. The van der Waals surface area contributed by atoms with Gasteiger partial charge in [0.25, 0.3) is 0 Å². The van der Waals surface area contributed by atoms with Crippen molar-refractivity contribution in [2.24, 2.45) is 0 Å². The van der Waals surface area contributed by atoms with Crippen molar-refractivity contribution in [3.8, 4) is 0 Å². The van der Waals surface area contributed by atoms with Crippen LogP contribution in [0.5, 0.6) is 0 Å². The van der Waals surface area contributed by atoms with Crippen molar-refractivity contribution in [3.63, 3.8) is 0 Å². The van der Waals surface area contributed by atoms with E-state index < -0.39 is 0 Å². The number of hydrogen-bond donors (Lipinski definition) is 0. The van der Waals surface area contributed by atoms with Gasteiger partial charge in [0.05, 0.1) is 5.33 Å². The Balaban J connectivity index is 0.000000458. The van der Waals surface area contributed by atoms with Crippen LogP contribution in [-0.2, 0) is 11.3 Å². The summed E-state index contributed by atoms with van der Waals surface area (Å²) >= 11 is 10.6. The molecule has 0 aliphatic rings. The zero-order valence-electron chi connectivity index (χ0n) is 17.3. The summed E-state index contributed by atoms with van der Waals surface area (Å²) in [6, 6.07) is 8.18. The van der Waals surface area contributed by atoms with Gasteiger partial charge >= 0.3 is 39.6 Å².